The molecule has 1 aliphatic heterocycles. The second-order valence-corrected chi connectivity index (χ2v) is 12.1. The molecule has 2 aromatic heterocycles. The van der Waals surface area contributed by atoms with Gasteiger partial charge in [0.1, 0.15) is 35.4 Å². The monoisotopic (exact) mass is 606 g/mol. The Hall–Kier alpha value is -3.47. The van der Waals surface area contributed by atoms with Crippen LogP contribution < -0.4 is 15.4 Å². The van der Waals surface area contributed by atoms with Gasteiger partial charge in [0.15, 0.2) is 0 Å². The first-order chi connectivity index (χ1) is 21.1. The topological polar surface area (TPSA) is 85.4 Å². The van der Waals surface area contributed by atoms with Crippen molar-refractivity contribution in [3.63, 3.8) is 0 Å². The lowest BCUT2D eigenvalue weighted by molar-refractivity contribution is -0.125. The molecule has 2 aromatic carbocycles. The van der Waals surface area contributed by atoms with Crippen LogP contribution in [-0.4, -0.2) is 49.0 Å². The van der Waals surface area contributed by atoms with Crippen LogP contribution in [0.4, 0.5) is 8.78 Å². The summed E-state index contributed by atoms with van der Waals surface area (Å²) in [6.07, 6.45) is 7.52. The van der Waals surface area contributed by atoms with E-state index in [1.807, 2.05) is 6.07 Å². The van der Waals surface area contributed by atoms with Crippen molar-refractivity contribution in [1.82, 2.24) is 20.8 Å². The first-order valence-electron chi connectivity index (χ1n) is 15.1. The van der Waals surface area contributed by atoms with Crippen molar-refractivity contribution >= 4 is 27.3 Å². The summed E-state index contributed by atoms with van der Waals surface area (Å²) in [6.45, 7) is 2.93. The number of aromatic nitrogens is 2. The van der Waals surface area contributed by atoms with Gasteiger partial charge in [0.05, 0.1) is 23.3 Å². The van der Waals surface area contributed by atoms with Crippen LogP contribution in [0.3, 0.4) is 0 Å². The molecule has 2 aliphatic rings. The quantitative estimate of drug-likeness (QED) is 0.160. The molecule has 0 unspecified atom stereocenters. The van der Waals surface area contributed by atoms with Gasteiger partial charge in [0.25, 0.3) is 0 Å². The lowest BCUT2D eigenvalue weighted by Crippen LogP contribution is -2.33. The Morgan fingerprint density at radius 3 is 2.67 bits per heavy atom. The number of thiophene rings is 1. The van der Waals surface area contributed by atoms with Crippen molar-refractivity contribution in [3.8, 4) is 28.3 Å². The summed E-state index contributed by atoms with van der Waals surface area (Å²) in [5.41, 5.74) is 4.71. The molecule has 0 radical (unpaired) electrons. The van der Waals surface area contributed by atoms with Gasteiger partial charge in [0.2, 0.25) is 5.91 Å². The highest BCUT2D eigenvalue weighted by Gasteiger charge is 2.22. The first-order valence-corrected chi connectivity index (χ1v) is 16.0. The van der Waals surface area contributed by atoms with Gasteiger partial charge in [-0.25, -0.2) is 8.78 Å². The van der Waals surface area contributed by atoms with Crippen LogP contribution in [0.5, 0.6) is 5.75 Å². The molecule has 43 heavy (non-hydrogen) atoms. The molecule has 1 fully saturated rings. The summed E-state index contributed by atoms with van der Waals surface area (Å²) in [7, 11) is 0. The number of rotatable bonds is 10. The number of nitrogens with zero attached hydrogens (tertiary/aromatic N) is 2. The number of hydrogen-bond acceptors (Lipinski definition) is 7. The third-order valence-corrected chi connectivity index (χ3v) is 9.23. The van der Waals surface area contributed by atoms with E-state index in [1.54, 1.807) is 6.07 Å². The molecule has 226 valence electrons. The van der Waals surface area contributed by atoms with Gasteiger partial charge in [-0.2, -0.15) is 0 Å². The number of amides is 1. The standard InChI is InChI=1S/C33H36F2N4O3S/c34-25-9-10-26(28(18-25)42-16-15-41-14-13-37-33(40)22-5-3-1-2-4-6-22)31-32-29(27(35)20-43-32)30(38-39-31)23-8-7-21-11-12-36-19-24(21)17-23/h7-10,17-18,20,22,36H,1-6,11-16,19H2,(H,37,40). The predicted octanol–water partition coefficient (Wildman–Crippen LogP) is 6.43. The molecule has 1 saturated carbocycles. The fourth-order valence-corrected chi connectivity index (χ4v) is 6.90. The summed E-state index contributed by atoms with van der Waals surface area (Å²) in [6, 6.07) is 10.3. The Bertz CT molecular complexity index is 1590. The minimum atomic E-state index is -0.457. The molecule has 0 bridgehead atoms. The van der Waals surface area contributed by atoms with Crippen molar-refractivity contribution in [2.75, 3.05) is 32.9 Å². The zero-order valence-electron chi connectivity index (χ0n) is 24.1. The normalized spacial score (nSPS) is 15.7. The molecular weight excluding hydrogens is 570 g/mol. The lowest BCUT2D eigenvalue weighted by atomic mass is 9.96. The van der Waals surface area contributed by atoms with Crippen LogP contribution in [0.15, 0.2) is 41.8 Å². The largest absolute Gasteiger partial charge is 0.490 e. The van der Waals surface area contributed by atoms with Gasteiger partial charge in [-0.15, -0.1) is 21.5 Å². The molecule has 0 saturated heterocycles. The van der Waals surface area contributed by atoms with Gasteiger partial charge in [0, 0.05) is 41.6 Å². The van der Waals surface area contributed by atoms with E-state index in [2.05, 4.69) is 33.0 Å². The average molecular weight is 607 g/mol. The minimum absolute atomic E-state index is 0.105. The van der Waals surface area contributed by atoms with E-state index in [4.69, 9.17) is 9.47 Å². The average Bonchev–Trinajstić information content (AvgIpc) is 3.22. The number of halogens is 2. The number of nitrogens with one attached hydrogen (secondary N) is 2. The Kier molecular flexibility index (Phi) is 9.55. The molecule has 1 aliphatic carbocycles. The Morgan fingerprint density at radius 1 is 0.977 bits per heavy atom. The van der Waals surface area contributed by atoms with Crippen LogP contribution in [0.1, 0.15) is 49.7 Å². The van der Waals surface area contributed by atoms with E-state index in [0.29, 0.717) is 40.2 Å². The Morgan fingerprint density at radius 2 is 1.81 bits per heavy atom. The molecule has 0 atom stereocenters. The van der Waals surface area contributed by atoms with Crippen LogP contribution >= 0.6 is 11.3 Å². The molecule has 1 amide bonds. The summed E-state index contributed by atoms with van der Waals surface area (Å²) in [4.78, 5) is 12.4. The van der Waals surface area contributed by atoms with Crippen molar-refractivity contribution in [3.05, 3.63) is 64.5 Å². The summed E-state index contributed by atoms with van der Waals surface area (Å²) in [5.74, 6) is -0.332. The number of benzene rings is 2. The van der Waals surface area contributed by atoms with E-state index >= 15 is 4.39 Å². The van der Waals surface area contributed by atoms with Gasteiger partial charge < -0.3 is 20.1 Å². The smallest absolute Gasteiger partial charge is 0.223 e. The van der Waals surface area contributed by atoms with Gasteiger partial charge in [-0.3, -0.25) is 4.79 Å². The fraction of sp³-hybridized carbons (Fsp3) is 0.424. The molecule has 10 heteroatoms. The summed E-state index contributed by atoms with van der Waals surface area (Å²) >= 11 is 1.24. The van der Waals surface area contributed by atoms with Gasteiger partial charge in [-0.1, -0.05) is 37.8 Å². The second kappa shape index (κ2) is 13.9. The van der Waals surface area contributed by atoms with Crippen molar-refractivity contribution in [2.45, 2.75) is 51.5 Å². The van der Waals surface area contributed by atoms with Gasteiger partial charge in [-0.05, 0) is 55.1 Å². The zero-order chi connectivity index (χ0) is 29.6. The Balaban J connectivity index is 1.12. The molecule has 2 N–H and O–H groups in total. The number of ether oxygens (including phenoxy) is 2. The van der Waals surface area contributed by atoms with E-state index in [9.17, 15) is 9.18 Å². The molecule has 4 aromatic rings. The highest BCUT2D eigenvalue weighted by Crippen LogP contribution is 2.41. The van der Waals surface area contributed by atoms with E-state index in [1.165, 1.54) is 52.8 Å². The third-order valence-electron chi connectivity index (χ3n) is 8.27. The molecule has 0 spiro atoms. The summed E-state index contributed by atoms with van der Waals surface area (Å²) < 4.78 is 41.7. The van der Waals surface area contributed by atoms with Crippen LogP contribution in [-0.2, 0) is 22.5 Å². The van der Waals surface area contributed by atoms with E-state index in [-0.39, 0.29) is 36.6 Å². The maximum atomic E-state index is 15.2. The van der Waals surface area contributed by atoms with Crippen molar-refractivity contribution < 1.29 is 23.0 Å². The van der Waals surface area contributed by atoms with Crippen LogP contribution in [0.25, 0.3) is 32.6 Å². The highest BCUT2D eigenvalue weighted by atomic mass is 32.1. The highest BCUT2D eigenvalue weighted by molar-refractivity contribution is 7.17. The molecular formula is C33H36F2N4O3S. The maximum Gasteiger partial charge on any atom is 0.223 e. The SMILES string of the molecule is O=C(NCCOCCOc1cc(F)ccc1-c1nnc(-c2ccc3c(c2)CNCC3)c2c(F)csc12)C1CCCCCC1. The second-order valence-electron chi connectivity index (χ2n) is 11.2. The fourth-order valence-electron chi connectivity index (χ4n) is 5.99. The minimum Gasteiger partial charge on any atom is -0.490 e. The number of carbonyl (C=O) groups is 1. The van der Waals surface area contributed by atoms with E-state index in [0.717, 1.165) is 50.8 Å². The maximum absolute atomic E-state index is 15.2. The molecule has 3 heterocycles. The number of fused-ring (bicyclic) bond motifs is 2. The number of carbonyl (C=O) groups excluding carboxylic acids is 1. The zero-order valence-corrected chi connectivity index (χ0v) is 24.9. The Labute approximate surface area is 254 Å². The van der Waals surface area contributed by atoms with Crippen LogP contribution in [0, 0.1) is 17.6 Å². The summed E-state index contributed by atoms with van der Waals surface area (Å²) in [5, 5.41) is 17.2. The third kappa shape index (κ3) is 6.87. The van der Waals surface area contributed by atoms with Crippen molar-refractivity contribution in [1.29, 1.82) is 0 Å². The van der Waals surface area contributed by atoms with Gasteiger partial charge >= 0.3 is 0 Å². The number of hydrogen-bond donors (Lipinski definition) is 2. The van der Waals surface area contributed by atoms with Crippen molar-refractivity contribution in [2.24, 2.45) is 5.92 Å². The predicted molar refractivity (Wildman–Crippen MR) is 164 cm³/mol. The first kappa shape index (κ1) is 29.6. The molecule has 6 rings (SSSR count). The van der Waals surface area contributed by atoms with E-state index < -0.39 is 5.82 Å². The molecule has 7 nitrogen and oxygen atoms in total. The van der Waals surface area contributed by atoms with Crippen LogP contribution in [0.2, 0.25) is 0 Å². The lowest BCUT2D eigenvalue weighted by Gasteiger charge is -2.18.